The summed E-state index contributed by atoms with van der Waals surface area (Å²) in [6.07, 6.45) is 2.22. The van der Waals surface area contributed by atoms with E-state index >= 15 is 0 Å². The van der Waals surface area contributed by atoms with E-state index in [1.54, 1.807) is 0 Å². The summed E-state index contributed by atoms with van der Waals surface area (Å²) in [4.78, 5) is 2.35. The first-order valence-corrected chi connectivity index (χ1v) is 8.52. The molecule has 0 aliphatic rings. The molecule has 0 N–H and O–H groups in total. The average molecular weight is 208 g/mol. The molecule has 0 atom stereocenters. The predicted molar refractivity (Wildman–Crippen MR) is 53.0 cm³/mol. The summed E-state index contributed by atoms with van der Waals surface area (Å²) < 4.78 is 0. The molecule has 1 rings (SSSR count). The fraction of sp³-hybridized carbons (Fsp3) is 0.200. The molecular formula is C10H13As. The Morgan fingerprint density at radius 1 is 1.09 bits per heavy atom. The quantitative estimate of drug-likeness (QED) is 0.655. The Morgan fingerprint density at radius 2 is 1.73 bits per heavy atom. The molecule has 0 unspecified atom stereocenters. The molecule has 0 aromatic heterocycles. The Kier molecular flexibility index (Phi) is 3.45. The molecule has 0 fully saturated rings. The van der Waals surface area contributed by atoms with Crippen molar-refractivity contribution in [1.82, 2.24) is 0 Å². The third-order valence-corrected chi connectivity index (χ3v) is 2.93. The molecule has 0 aliphatic heterocycles. The first-order chi connectivity index (χ1) is 5.29. The van der Waals surface area contributed by atoms with E-state index in [-0.39, 0.29) is 0 Å². The van der Waals surface area contributed by atoms with Crippen LogP contribution in [-0.4, -0.2) is 14.7 Å². The van der Waals surface area contributed by atoms with Gasteiger partial charge in [0.2, 0.25) is 0 Å². The van der Waals surface area contributed by atoms with Gasteiger partial charge in [0, 0.05) is 0 Å². The Labute approximate surface area is 73.2 Å². The predicted octanol–water partition coefficient (Wildman–Crippen LogP) is 2.99. The fourth-order valence-corrected chi connectivity index (χ4v) is 1.79. The van der Waals surface area contributed by atoms with Gasteiger partial charge in [-0.05, 0) is 0 Å². The van der Waals surface area contributed by atoms with Gasteiger partial charge in [0.05, 0.1) is 0 Å². The normalized spacial score (nSPS) is 11.2. The minimum absolute atomic E-state index is 0.579. The Bertz CT molecular complexity index is 224. The molecule has 1 aromatic rings. The number of hydrogen-bond acceptors (Lipinski definition) is 0. The van der Waals surface area contributed by atoms with Crippen molar-refractivity contribution < 1.29 is 0 Å². The van der Waals surface area contributed by atoms with Gasteiger partial charge in [0.15, 0.2) is 0 Å². The summed E-state index contributed by atoms with van der Waals surface area (Å²) in [6.45, 7) is 0. The average Bonchev–Trinajstić information content (AvgIpc) is 2.03. The van der Waals surface area contributed by atoms with Gasteiger partial charge in [-0.2, -0.15) is 0 Å². The fourth-order valence-electron chi connectivity index (χ4n) is 0.799. The van der Waals surface area contributed by atoms with Crippen molar-refractivity contribution in [3.05, 3.63) is 40.8 Å². The first kappa shape index (κ1) is 8.61. The van der Waals surface area contributed by atoms with Gasteiger partial charge < -0.3 is 0 Å². The summed E-state index contributed by atoms with van der Waals surface area (Å²) in [5.41, 5.74) is 5.97. The topological polar surface area (TPSA) is 0 Å². The van der Waals surface area contributed by atoms with E-state index in [0.29, 0.717) is 0 Å². The van der Waals surface area contributed by atoms with Crippen molar-refractivity contribution in [3.63, 3.8) is 0 Å². The number of hydrogen-bond donors (Lipinski definition) is 0. The molecule has 0 aliphatic carbocycles. The third-order valence-electron chi connectivity index (χ3n) is 1.36. The number of rotatable bonds is 2. The molecule has 1 aromatic carbocycles. The van der Waals surface area contributed by atoms with E-state index < -0.39 is 14.7 Å². The molecule has 0 saturated carbocycles. The van der Waals surface area contributed by atoms with Crippen molar-refractivity contribution in [3.8, 4) is 0 Å². The van der Waals surface area contributed by atoms with Crippen molar-refractivity contribution in [2.24, 2.45) is 0 Å². The van der Waals surface area contributed by atoms with Crippen LogP contribution in [0.3, 0.4) is 0 Å². The van der Waals surface area contributed by atoms with Crippen molar-refractivity contribution in [2.75, 3.05) is 0 Å². The molecule has 0 heterocycles. The summed E-state index contributed by atoms with van der Waals surface area (Å²) in [6, 6.07) is 10.5. The molecule has 0 bridgehead atoms. The van der Waals surface area contributed by atoms with E-state index in [1.807, 2.05) is 6.07 Å². The van der Waals surface area contributed by atoms with Gasteiger partial charge in [0.25, 0.3) is 0 Å². The van der Waals surface area contributed by atoms with Crippen LogP contribution in [0.1, 0.15) is 5.56 Å². The maximum absolute atomic E-state index is 2.35. The second kappa shape index (κ2) is 4.41. The maximum atomic E-state index is 2.35. The van der Waals surface area contributed by atoms with Crippen molar-refractivity contribution >= 4 is 20.7 Å². The zero-order valence-corrected chi connectivity index (χ0v) is 8.87. The van der Waals surface area contributed by atoms with Crippen LogP contribution in [0.25, 0.3) is 6.08 Å². The summed E-state index contributed by atoms with van der Waals surface area (Å²) in [5.74, 6) is 0. The first-order valence-electron chi connectivity index (χ1n) is 3.69. The van der Waals surface area contributed by atoms with Crippen molar-refractivity contribution in [1.29, 1.82) is 0 Å². The van der Waals surface area contributed by atoms with Crippen LogP contribution >= 0.6 is 0 Å². The summed E-state index contributed by atoms with van der Waals surface area (Å²) in [7, 11) is 0. The molecular weight excluding hydrogens is 195 g/mol. The molecule has 0 spiro atoms. The van der Waals surface area contributed by atoms with E-state index in [2.05, 4.69) is 46.6 Å². The van der Waals surface area contributed by atoms with Crippen LogP contribution in [0, 0.1) is 0 Å². The third kappa shape index (κ3) is 3.43. The van der Waals surface area contributed by atoms with Crippen LogP contribution in [-0.2, 0) is 0 Å². The van der Waals surface area contributed by atoms with E-state index in [4.69, 9.17) is 0 Å². The molecule has 0 amide bonds. The van der Waals surface area contributed by atoms with Gasteiger partial charge in [-0.15, -0.1) is 0 Å². The van der Waals surface area contributed by atoms with Crippen molar-refractivity contribution in [2.45, 2.75) is 11.4 Å². The van der Waals surface area contributed by atoms with E-state index in [1.165, 1.54) is 5.56 Å². The van der Waals surface area contributed by atoms with Gasteiger partial charge in [-0.3, -0.25) is 0 Å². The van der Waals surface area contributed by atoms with E-state index in [9.17, 15) is 0 Å². The monoisotopic (exact) mass is 208 g/mol. The van der Waals surface area contributed by atoms with Crippen LogP contribution in [0.15, 0.2) is 35.2 Å². The standard InChI is InChI=1S/C10H13As/c1-11(2)9-8-10-6-4-3-5-7-10/h3-9H,1-2H3. The molecule has 11 heavy (non-hydrogen) atoms. The summed E-state index contributed by atoms with van der Waals surface area (Å²) >= 11 is -0.579. The summed E-state index contributed by atoms with van der Waals surface area (Å²) in [5, 5.41) is 0. The Balaban J connectivity index is 2.65. The van der Waals surface area contributed by atoms with Gasteiger partial charge in [0.1, 0.15) is 0 Å². The van der Waals surface area contributed by atoms with Gasteiger partial charge in [-0.25, -0.2) is 0 Å². The van der Waals surface area contributed by atoms with Crippen LogP contribution < -0.4 is 0 Å². The molecule has 0 nitrogen and oxygen atoms in total. The minimum atomic E-state index is -0.579. The van der Waals surface area contributed by atoms with Crippen LogP contribution in [0.4, 0.5) is 0 Å². The molecule has 58 valence electrons. The van der Waals surface area contributed by atoms with Crippen LogP contribution in [0.5, 0.6) is 0 Å². The Morgan fingerprint density at radius 3 is 2.27 bits per heavy atom. The van der Waals surface area contributed by atoms with Gasteiger partial charge >= 0.3 is 72.9 Å². The van der Waals surface area contributed by atoms with Gasteiger partial charge in [-0.1, -0.05) is 0 Å². The van der Waals surface area contributed by atoms with Crippen LogP contribution in [0.2, 0.25) is 11.4 Å². The Hall–Kier alpha value is -0.482. The zero-order valence-electron chi connectivity index (χ0n) is 6.99. The second-order valence-electron chi connectivity index (χ2n) is 2.69. The second-order valence-corrected chi connectivity index (χ2v) is 7.36. The zero-order chi connectivity index (χ0) is 8.10. The van der Waals surface area contributed by atoms with E-state index in [0.717, 1.165) is 0 Å². The number of benzene rings is 1. The molecule has 0 saturated heterocycles. The molecule has 0 radical (unpaired) electrons. The SMILES string of the molecule is C[As](C)C=Cc1ccccc1. The molecule has 1 heteroatoms.